The Bertz CT molecular complexity index is 136. The molecular weight excluding hydrogens is 134 g/mol. The molecule has 1 rings (SSSR count). The summed E-state index contributed by atoms with van der Waals surface area (Å²) in [5.41, 5.74) is 0.0837. The maximum absolute atomic E-state index is 8.21. The van der Waals surface area contributed by atoms with Crippen molar-refractivity contribution in [2.75, 3.05) is 12.4 Å². The standard InChI is InChI=1S/C6H9NOS/c1-2-6(3-8-6)4-9-5-7/h2-4H2,1H3. The molecule has 0 aromatic heterocycles. The van der Waals surface area contributed by atoms with Gasteiger partial charge in [0.2, 0.25) is 0 Å². The van der Waals surface area contributed by atoms with E-state index in [0.29, 0.717) is 0 Å². The molecule has 0 spiro atoms. The Labute approximate surface area is 59.2 Å². The molecule has 0 radical (unpaired) electrons. The third-order valence-corrected chi connectivity index (χ3v) is 2.40. The van der Waals surface area contributed by atoms with Crippen LogP contribution in [0.25, 0.3) is 0 Å². The average molecular weight is 143 g/mol. The molecule has 1 saturated heterocycles. The van der Waals surface area contributed by atoms with Crippen LogP contribution in [-0.2, 0) is 4.74 Å². The molecule has 0 saturated carbocycles. The van der Waals surface area contributed by atoms with E-state index in [9.17, 15) is 0 Å². The lowest BCUT2D eigenvalue weighted by atomic mass is 10.1. The molecule has 3 heteroatoms. The molecule has 0 amide bonds. The first kappa shape index (κ1) is 6.91. The van der Waals surface area contributed by atoms with E-state index in [0.717, 1.165) is 18.8 Å². The second-order valence-electron chi connectivity index (χ2n) is 2.21. The molecule has 1 heterocycles. The van der Waals surface area contributed by atoms with Crippen LogP contribution in [0.1, 0.15) is 13.3 Å². The summed E-state index contributed by atoms with van der Waals surface area (Å²) in [6, 6.07) is 0. The highest BCUT2D eigenvalue weighted by atomic mass is 32.2. The highest BCUT2D eigenvalue weighted by Gasteiger charge is 2.42. The van der Waals surface area contributed by atoms with E-state index in [1.165, 1.54) is 11.8 Å². The Morgan fingerprint density at radius 2 is 2.56 bits per heavy atom. The molecule has 1 fully saturated rings. The zero-order chi connectivity index (χ0) is 6.74. The lowest BCUT2D eigenvalue weighted by molar-refractivity contribution is 0.321. The van der Waals surface area contributed by atoms with E-state index in [-0.39, 0.29) is 5.60 Å². The van der Waals surface area contributed by atoms with Crippen LogP contribution in [-0.4, -0.2) is 18.0 Å². The van der Waals surface area contributed by atoms with E-state index >= 15 is 0 Å². The molecule has 50 valence electrons. The number of epoxide rings is 1. The quantitative estimate of drug-likeness (QED) is 0.442. The third kappa shape index (κ3) is 1.60. The Morgan fingerprint density at radius 1 is 1.89 bits per heavy atom. The number of hydrogen-bond acceptors (Lipinski definition) is 3. The second-order valence-corrected chi connectivity index (χ2v) is 2.97. The smallest absolute Gasteiger partial charge is 0.133 e. The van der Waals surface area contributed by atoms with Gasteiger partial charge in [-0.3, -0.25) is 0 Å². The van der Waals surface area contributed by atoms with Crippen LogP contribution in [0.5, 0.6) is 0 Å². The predicted octanol–water partition coefficient (Wildman–Crippen LogP) is 1.38. The van der Waals surface area contributed by atoms with Crippen molar-refractivity contribution < 1.29 is 4.74 Å². The van der Waals surface area contributed by atoms with Gasteiger partial charge in [0.25, 0.3) is 0 Å². The van der Waals surface area contributed by atoms with Gasteiger partial charge in [0, 0.05) is 5.75 Å². The maximum Gasteiger partial charge on any atom is 0.133 e. The fourth-order valence-electron chi connectivity index (χ4n) is 0.655. The molecule has 2 nitrogen and oxygen atoms in total. The van der Waals surface area contributed by atoms with E-state index in [1.807, 2.05) is 5.40 Å². The van der Waals surface area contributed by atoms with Crippen LogP contribution in [0.2, 0.25) is 0 Å². The normalized spacial score (nSPS) is 31.6. The molecule has 1 aliphatic rings. The average Bonchev–Trinajstić information content (AvgIpc) is 2.65. The third-order valence-electron chi connectivity index (χ3n) is 1.60. The van der Waals surface area contributed by atoms with Crippen molar-refractivity contribution >= 4 is 11.8 Å². The van der Waals surface area contributed by atoms with Crippen molar-refractivity contribution in [3.8, 4) is 5.40 Å². The highest BCUT2D eigenvalue weighted by molar-refractivity contribution is 8.03. The lowest BCUT2D eigenvalue weighted by Gasteiger charge is -2.01. The molecule has 0 aliphatic carbocycles. The summed E-state index contributed by atoms with van der Waals surface area (Å²) >= 11 is 1.28. The van der Waals surface area contributed by atoms with Gasteiger partial charge in [0.05, 0.1) is 6.61 Å². The molecule has 0 aromatic carbocycles. The number of thioether (sulfide) groups is 1. The van der Waals surface area contributed by atoms with Crippen molar-refractivity contribution in [2.24, 2.45) is 0 Å². The fourth-order valence-corrected chi connectivity index (χ4v) is 1.35. The van der Waals surface area contributed by atoms with Crippen molar-refractivity contribution in [1.82, 2.24) is 0 Å². The monoisotopic (exact) mass is 143 g/mol. The molecule has 0 aromatic rings. The molecule has 1 atom stereocenters. The van der Waals surface area contributed by atoms with Crippen LogP contribution in [0.3, 0.4) is 0 Å². The van der Waals surface area contributed by atoms with Gasteiger partial charge < -0.3 is 4.74 Å². The summed E-state index contributed by atoms with van der Waals surface area (Å²) in [4.78, 5) is 0. The SMILES string of the molecule is CCC1(CSC#N)CO1. The Morgan fingerprint density at radius 3 is 2.89 bits per heavy atom. The number of nitriles is 1. The summed E-state index contributed by atoms with van der Waals surface area (Å²) in [7, 11) is 0. The molecule has 0 bridgehead atoms. The van der Waals surface area contributed by atoms with Gasteiger partial charge in [0.1, 0.15) is 11.0 Å². The first-order chi connectivity index (χ1) is 4.33. The summed E-state index contributed by atoms with van der Waals surface area (Å²) in [6.07, 6.45) is 1.03. The summed E-state index contributed by atoms with van der Waals surface area (Å²) in [6.45, 7) is 2.93. The molecule has 1 unspecified atom stereocenters. The Balaban J connectivity index is 2.19. The summed E-state index contributed by atoms with van der Waals surface area (Å²) < 4.78 is 5.18. The second kappa shape index (κ2) is 2.59. The van der Waals surface area contributed by atoms with Gasteiger partial charge in [-0.25, -0.2) is 0 Å². The zero-order valence-corrected chi connectivity index (χ0v) is 6.20. The van der Waals surface area contributed by atoms with Crippen LogP contribution in [0.4, 0.5) is 0 Å². The van der Waals surface area contributed by atoms with Gasteiger partial charge in [0.15, 0.2) is 0 Å². The maximum atomic E-state index is 8.21. The van der Waals surface area contributed by atoms with Crippen LogP contribution >= 0.6 is 11.8 Å². The number of nitrogens with zero attached hydrogens (tertiary/aromatic N) is 1. The minimum absolute atomic E-state index is 0.0837. The molecular formula is C6H9NOS. The minimum Gasteiger partial charge on any atom is -0.369 e. The largest absolute Gasteiger partial charge is 0.369 e. The lowest BCUT2D eigenvalue weighted by Crippen LogP contribution is -2.11. The highest BCUT2D eigenvalue weighted by Crippen LogP contribution is 2.33. The molecule has 0 N–H and O–H groups in total. The first-order valence-electron chi connectivity index (χ1n) is 2.98. The molecule has 9 heavy (non-hydrogen) atoms. The van der Waals surface area contributed by atoms with Crippen molar-refractivity contribution in [3.05, 3.63) is 0 Å². The molecule has 1 aliphatic heterocycles. The van der Waals surface area contributed by atoms with Crippen LogP contribution in [0, 0.1) is 10.7 Å². The van der Waals surface area contributed by atoms with Crippen LogP contribution in [0.15, 0.2) is 0 Å². The van der Waals surface area contributed by atoms with Crippen molar-refractivity contribution in [1.29, 1.82) is 5.26 Å². The number of rotatable bonds is 3. The van der Waals surface area contributed by atoms with Gasteiger partial charge in [-0.05, 0) is 18.2 Å². The number of hydrogen-bond donors (Lipinski definition) is 0. The van der Waals surface area contributed by atoms with E-state index in [1.54, 1.807) is 0 Å². The summed E-state index contributed by atoms with van der Waals surface area (Å²) in [5.74, 6) is 0.833. The fraction of sp³-hybridized carbons (Fsp3) is 0.833. The van der Waals surface area contributed by atoms with Crippen molar-refractivity contribution in [3.63, 3.8) is 0 Å². The number of ether oxygens (including phenoxy) is 1. The van der Waals surface area contributed by atoms with E-state index < -0.39 is 0 Å². The van der Waals surface area contributed by atoms with Gasteiger partial charge in [-0.15, -0.1) is 0 Å². The topological polar surface area (TPSA) is 36.3 Å². The van der Waals surface area contributed by atoms with Crippen LogP contribution < -0.4 is 0 Å². The predicted molar refractivity (Wildman–Crippen MR) is 37.0 cm³/mol. The first-order valence-corrected chi connectivity index (χ1v) is 3.96. The van der Waals surface area contributed by atoms with Crippen molar-refractivity contribution in [2.45, 2.75) is 18.9 Å². The number of thiocyanates is 1. The Kier molecular flexibility index (Phi) is 1.99. The van der Waals surface area contributed by atoms with E-state index in [4.69, 9.17) is 10.00 Å². The van der Waals surface area contributed by atoms with Gasteiger partial charge in [-0.2, -0.15) is 5.26 Å². The van der Waals surface area contributed by atoms with Gasteiger partial charge >= 0.3 is 0 Å². The van der Waals surface area contributed by atoms with Gasteiger partial charge in [-0.1, -0.05) is 6.92 Å². The zero-order valence-electron chi connectivity index (χ0n) is 5.39. The minimum atomic E-state index is 0.0837. The Hall–Kier alpha value is -0.200. The van der Waals surface area contributed by atoms with E-state index in [2.05, 4.69) is 6.92 Å². The summed E-state index contributed by atoms with van der Waals surface area (Å²) in [5, 5.41) is 10.2.